The summed E-state index contributed by atoms with van der Waals surface area (Å²) in [5, 5.41) is 0. The van der Waals surface area contributed by atoms with Crippen molar-refractivity contribution in [1.82, 2.24) is 0 Å². The van der Waals surface area contributed by atoms with Gasteiger partial charge in [0.2, 0.25) is 5.60 Å². The normalized spacial score (nSPS) is 24.5. The van der Waals surface area contributed by atoms with E-state index >= 15 is 0 Å². The zero-order valence-corrected chi connectivity index (χ0v) is 8.29. The van der Waals surface area contributed by atoms with Gasteiger partial charge in [-0.25, -0.2) is 4.79 Å². The van der Waals surface area contributed by atoms with E-state index < -0.39 is 11.6 Å². The van der Waals surface area contributed by atoms with Gasteiger partial charge in [0.25, 0.3) is 0 Å². The molecule has 0 spiro atoms. The summed E-state index contributed by atoms with van der Waals surface area (Å²) in [5.74, 6) is 0.0784. The van der Waals surface area contributed by atoms with Crippen LogP contribution in [0.15, 0.2) is 37.1 Å². The minimum atomic E-state index is -1.03. The maximum atomic E-state index is 11.6. The summed E-state index contributed by atoms with van der Waals surface area (Å²) in [7, 11) is 0. The Morgan fingerprint density at radius 2 is 2.50 bits per heavy atom. The highest BCUT2D eigenvalue weighted by Crippen LogP contribution is 2.30. The quantitative estimate of drug-likeness (QED) is 0.507. The Morgan fingerprint density at radius 3 is 2.93 bits per heavy atom. The van der Waals surface area contributed by atoms with E-state index in [1.165, 1.54) is 0 Å². The molecule has 1 heterocycles. The van der Waals surface area contributed by atoms with Crippen molar-refractivity contribution >= 4 is 5.97 Å². The van der Waals surface area contributed by atoms with Crippen LogP contribution in [0.1, 0.15) is 13.3 Å². The SMILES string of the molecule is C=CCC1(C(=O)OCC)C=CC(=C)O1. The molecule has 1 aliphatic rings. The van der Waals surface area contributed by atoms with Crippen molar-refractivity contribution in [2.75, 3.05) is 6.61 Å². The Hall–Kier alpha value is -1.51. The summed E-state index contributed by atoms with van der Waals surface area (Å²) in [6, 6.07) is 0. The van der Waals surface area contributed by atoms with Gasteiger partial charge in [0.15, 0.2) is 0 Å². The molecule has 76 valence electrons. The van der Waals surface area contributed by atoms with Gasteiger partial charge >= 0.3 is 5.97 Å². The van der Waals surface area contributed by atoms with Crippen LogP contribution in [-0.4, -0.2) is 18.2 Å². The minimum Gasteiger partial charge on any atom is -0.472 e. The number of allylic oxidation sites excluding steroid dienone is 1. The highest BCUT2D eigenvalue weighted by Gasteiger charge is 2.41. The molecule has 0 aromatic carbocycles. The molecule has 0 radical (unpaired) electrons. The highest BCUT2D eigenvalue weighted by atomic mass is 16.6. The number of carbonyl (C=O) groups excluding carboxylic acids is 1. The molecule has 0 saturated heterocycles. The van der Waals surface area contributed by atoms with Crippen LogP contribution in [0.2, 0.25) is 0 Å². The third kappa shape index (κ3) is 1.87. The zero-order chi connectivity index (χ0) is 10.6. The fourth-order valence-electron chi connectivity index (χ4n) is 1.30. The van der Waals surface area contributed by atoms with Crippen molar-refractivity contribution in [1.29, 1.82) is 0 Å². The smallest absolute Gasteiger partial charge is 0.354 e. The molecule has 1 aliphatic heterocycles. The number of esters is 1. The highest BCUT2D eigenvalue weighted by molar-refractivity contribution is 5.83. The van der Waals surface area contributed by atoms with Gasteiger partial charge in [-0.1, -0.05) is 12.7 Å². The van der Waals surface area contributed by atoms with Crippen LogP contribution in [-0.2, 0) is 14.3 Å². The molecular weight excluding hydrogens is 180 g/mol. The lowest BCUT2D eigenvalue weighted by Crippen LogP contribution is -2.38. The standard InChI is InChI=1S/C11H14O3/c1-4-7-11(10(12)13-5-2)8-6-9(3)14-11/h4,6,8H,1,3,5,7H2,2H3. The first-order valence-corrected chi connectivity index (χ1v) is 4.50. The third-order valence-electron chi connectivity index (χ3n) is 1.92. The Bertz CT molecular complexity index is 291. The van der Waals surface area contributed by atoms with Crippen LogP contribution in [0.4, 0.5) is 0 Å². The number of ether oxygens (including phenoxy) is 2. The molecule has 0 saturated carbocycles. The predicted molar refractivity (Wildman–Crippen MR) is 53.5 cm³/mol. The average Bonchev–Trinajstić information content (AvgIpc) is 2.50. The third-order valence-corrected chi connectivity index (χ3v) is 1.92. The summed E-state index contributed by atoms with van der Waals surface area (Å²) in [6.07, 6.45) is 5.34. The molecule has 0 aromatic heterocycles. The first kappa shape index (κ1) is 10.6. The second-order valence-electron chi connectivity index (χ2n) is 3.00. The van der Waals surface area contributed by atoms with Crippen LogP contribution < -0.4 is 0 Å². The summed E-state index contributed by atoms with van der Waals surface area (Å²) in [4.78, 5) is 11.6. The van der Waals surface area contributed by atoms with Crippen molar-refractivity contribution < 1.29 is 14.3 Å². The molecule has 1 rings (SSSR count). The van der Waals surface area contributed by atoms with Gasteiger partial charge in [-0.05, 0) is 19.1 Å². The van der Waals surface area contributed by atoms with Crippen molar-refractivity contribution in [3.63, 3.8) is 0 Å². The molecule has 3 heteroatoms. The van der Waals surface area contributed by atoms with Gasteiger partial charge in [-0.2, -0.15) is 0 Å². The number of hydrogen-bond donors (Lipinski definition) is 0. The molecule has 0 fully saturated rings. The lowest BCUT2D eigenvalue weighted by Gasteiger charge is -2.23. The van der Waals surface area contributed by atoms with Gasteiger partial charge in [0.05, 0.1) is 6.61 Å². The maximum absolute atomic E-state index is 11.6. The van der Waals surface area contributed by atoms with Crippen LogP contribution in [0.3, 0.4) is 0 Å². The van der Waals surface area contributed by atoms with Crippen molar-refractivity contribution in [3.8, 4) is 0 Å². The van der Waals surface area contributed by atoms with E-state index in [1.54, 1.807) is 25.2 Å². The fraction of sp³-hybridized carbons (Fsp3) is 0.364. The molecule has 1 atom stereocenters. The largest absolute Gasteiger partial charge is 0.472 e. The summed E-state index contributed by atoms with van der Waals surface area (Å²) >= 11 is 0. The monoisotopic (exact) mass is 194 g/mol. The molecule has 3 nitrogen and oxygen atoms in total. The molecule has 1 unspecified atom stereocenters. The Morgan fingerprint density at radius 1 is 1.79 bits per heavy atom. The first-order valence-electron chi connectivity index (χ1n) is 4.50. The van der Waals surface area contributed by atoms with E-state index in [0.29, 0.717) is 18.8 Å². The van der Waals surface area contributed by atoms with Crippen LogP contribution in [0.5, 0.6) is 0 Å². The van der Waals surface area contributed by atoms with Crippen LogP contribution >= 0.6 is 0 Å². The Balaban J connectivity index is 2.83. The van der Waals surface area contributed by atoms with Gasteiger partial charge in [0, 0.05) is 6.42 Å². The number of carbonyl (C=O) groups is 1. The molecule has 0 amide bonds. The second kappa shape index (κ2) is 4.13. The van der Waals surface area contributed by atoms with Crippen molar-refractivity contribution in [2.24, 2.45) is 0 Å². The second-order valence-corrected chi connectivity index (χ2v) is 3.00. The van der Waals surface area contributed by atoms with Crippen LogP contribution in [0, 0.1) is 0 Å². The van der Waals surface area contributed by atoms with E-state index in [9.17, 15) is 4.79 Å². The molecule has 0 bridgehead atoms. The summed E-state index contributed by atoms with van der Waals surface area (Å²) < 4.78 is 10.3. The molecule has 0 N–H and O–H groups in total. The van der Waals surface area contributed by atoms with E-state index in [1.807, 2.05) is 0 Å². The van der Waals surface area contributed by atoms with Gasteiger partial charge < -0.3 is 9.47 Å². The molecule has 0 aromatic rings. The van der Waals surface area contributed by atoms with Crippen molar-refractivity contribution in [2.45, 2.75) is 18.9 Å². The first-order chi connectivity index (χ1) is 6.64. The topological polar surface area (TPSA) is 35.5 Å². The van der Waals surface area contributed by atoms with E-state index in [-0.39, 0.29) is 0 Å². The molecule has 14 heavy (non-hydrogen) atoms. The van der Waals surface area contributed by atoms with Gasteiger partial charge in [-0.3, -0.25) is 0 Å². The molecule has 0 aliphatic carbocycles. The van der Waals surface area contributed by atoms with Crippen LogP contribution in [0.25, 0.3) is 0 Å². The lowest BCUT2D eigenvalue weighted by atomic mass is 10.0. The lowest BCUT2D eigenvalue weighted by molar-refractivity contribution is -0.160. The maximum Gasteiger partial charge on any atom is 0.354 e. The van der Waals surface area contributed by atoms with E-state index in [4.69, 9.17) is 9.47 Å². The average molecular weight is 194 g/mol. The molecular formula is C11H14O3. The Kier molecular flexibility index (Phi) is 3.12. The van der Waals surface area contributed by atoms with Crippen molar-refractivity contribution in [3.05, 3.63) is 37.1 Å². The zero-order valence-electron chi connectivity index (χ0n) is 8.29. The van der Waals surface area contributed by atoms with E-state index in [0.717, 1.165) is 0 Å². The minimum absolute atomic E-state index is 0.335. The predicted octanol–water partition coefficient (Wildman–Crippen LogP) is 1.96. The number of hydrogen-bond acceptors (Lipinski definition) is 3. The van der Waals surface area contributed by atoms with E-state index in [2.05, 4.69) is 13.2 Å². The van der Waals surface area contributed by atoms with Gasteiger partial charge in [-0.15, -0.1) is 6.58 Å². The number of rotatable bonds is 4. The summed E-state index contributed by atoms with van der Waals surface area (Å²) in [5.41, 5.74) is -1.03. The fourth-order valence-corrected chi connectivity index (χ4v) is 1.30. The summed E-state index contributed by atoms with van der Waals surface area (Å²) in [6.45, 7) is 9.30. The Labute approximate surface area is 83.7 Å². The van der Waals surface area contributed by atoms with Gasteiger partial charge in [0.1, 0.15) is 5.76 Å².